The van der Waals surface area contributed by atoms with Gasteiger partial charge in [-0.15, -0.1) is 6.42 Å². The molecule has 0 saturated carbocycles. The monoisotopic (exact) mass is 351 g/mol. The van der Waals surface area contributed by atoms with E-state index < -0.39 is 10.0 Å². The van der Waals surface area contributed by atoms with Gasteiger partial charge in [-0.1, -0.05) is 5.92 Å². The summed E-state index contributed by atoms with van der Waals surface area (Å²) in [6, 6.07) is 4.78. The molecule has 7 heteroatoms. The topological polar surface area (TPSA) is 65.1 Å². The lowest BCUT2D eigenvalue weighted by molar-refractivity contribution is 0.101. The van der Waals surface area contributed by atoms with E-state index in [0.29, 0.717) is 56.9 Å². The Kier molecular flexibility index (Phi) is 5.29. The van der Waals surface area contributed by atoms with E-state index in [2.05, 4.69) is 5.92 Å². The molecule has 0 radical (unpaired) electrons. The van der Waals surface area contributed by atoms with Crippen molar-refractivity contribution in [3.63, 3.8) is 0 Å². The zero-order valence-corrected chi connectivity index (χ0v) is 14.3. The minimum atomic E-state index is -3.52. The van der Waals surface area contributed by atoms with Gasteiger partial charge in [-0.3, -0.25) is 0 Å². The van der Waals surface area contributed by atoms with Crippen LogP contribution in [0.3, 0.4) is 0 Å². The number of rotatable bonds is 5. The van der Waals surface area contributed by atoms with Crippen molar-refractivity contribution < 1.29 is 22.6 Å². The van der Waals surface area contributed by atoms with Gasteiger partial charge in [0.1, 0.15) is 19.8 Å². The van der Waals surface area contributed by atoms with Crippen LogP contribution in [0.15, 0.2) is 23.1 Å². The average molecular weight is 351 g/mol. The number of fused-ring (bicyclic) bond motifs is 1. The van der Waals surface area contributed by atoms with Crippen molar-refractivity contribution >= 4 is 10.0 Å². The van der Waals surface area contributed by atoms with Crippen molar-refractivity contribution in [1.82, 2.24) is 4.31 Å². The van der Waals surface area contributed by atoms with Crippen LogP contribution in [-0.2, 0) is 14.8 Å². The Labute approximate surface area is 142 Å². The summed E-state index contributed by atoms with van der Waals surface area (Å²) in [4.78, 5) is 0.244. The van der Waals surface area contributed by atoms with E-state index in [1.807, 2.05) is 0 Å². The van der Waals surface area contributed by atoms with Crippen molar-refractivity contribution in [2.45, 2.75) is 17.7 Å². The van der Waals surface area contributed by atoms with Crippen LogP contribution < -0.4 is 9.47 Å². The highest BCUT2D eigenvalue weighted by molar-refractivity contribution is 7.89. The number of hydrogen-bond donors (Lipinski definition) is 0. The third-order valence-corrected chi connectivity index (χ3v) is 6.16. The molecule has 1 fully saturated rings. The predicted octanol–water partition coefficient (Wildman–Crippen LogP) is 1.51. The fraction of sp³-hybridized carbons (Fsp3) is 0.529. The maximum atomic E-state index is 12.8. The highest BCUT2D eigenvalue weighted by atomic mass is 32.2. The standard InChI is InChI=1S/C17H21NO5S/c1-2-9-21-13-14-5-7-18(8-6-14)24(19,20)15-3-4-16-17(12-15)23-11-10-22-16/h1,3-4,12,14H,5-11,13H2. The summed E-state index contributed by atoms with van der Waals surface area (Å²) in [5.41, 5.74) is 0. The Morgan fingerprint density at radius 2 is 1.92 bits per heavy atom. The van der Waals surface area contributed by atoms with Crippen molar-refractivity contribution in [2.75, 3.05) is 39.5 Å². The van der Waals surface area contributed by atoms with Gasteiger partial charge in [0.25, 0.3) is 0 Å². The summed E-state index contributed by atoms with van der Waals surface area (Å²) in [5.74, 6) is 3.86. The van der Waals surface area contributed by atoms with Crippen molar-refractivity contribution in [2.24, 2.45) is 5.92 Å². The van der Waals surface area contributed by atoms with Gasteiger partial charge in [-0.2, -0.15) is 4.31 Å². The maximum absolute atomic E-state index is 12.8. The number of terminal acetylenes is 1. The first-order chi connectivity index (χ1) is 11.6. The Bertz CT molecular complexity index is 717. The summed E-state index contributed by atoms with van der Waals surface area (Å²) in [5, 5.41) is 0. The van der Waals surface area contributed by atoms with Gasteiger partial charge in [-0.05, 0) is 30.9 Å². The largest absolute Gasteiger partial charge is 0.486 e. The molecule has 0 aliphatic carbocycles. The molecule has 130 valence electrons. The van der Waals surface area contributed by atoms with E-state index in [9.17, 15) is 8.42 Å². The van der Waals surface area contributed by atoms with Crippen LogP contribution in [0.2, 0.25) is 0 Å². The molecule has 0 amide bonds. The highest BCUT2D eigenvalue weighted by Gasteiger charge is 2.30. The summed E-state index contributed by atoms with van der Waals surface area (Å²) < 4.78 is 43.4. The zero-order valence-electron chi connectivity index (χ0n) is 13.4. The molecule has 1 aromatic rings. The van der Waals surface area contributed by atoms with Gasteiger partial charge < -0.3 is 14.2 Å². The van der Waals surface area contributed by atoms with Crippen molar-refractivity contribution in [3.05, 3.63) is 18.2 Å². The molecule has 0 atom stereocenters. The lowest BCUT2D eigenvalue weighted by Gasteiger charge is -2.31. The first-order valence-corrected chi connectivity index (χ1v) is 9.46. The molecule has 0 spiro atoms. The van der Waals surface area contributed by atoms with E-state index in [1.165, 1.54) is 4.31 Å². The summed E-state index contributed by atoms with van der Waals surface area (Å²) in [7, 11) is -3.52. The SMILES string of the molecule is C#CCOCC1CCN(S(=O)(=O)c2ccc3c(c2)OCCO3)CC1. The molecule has 1 saturated heterocycles. The van der Waals surface area contributed by atoms with E-state index in [0.717, 1.165) is 12.8 Å². The Morgan fingerprint density at radius 3 is 2.62 bits per heavy atom. The number of nitrogens with zero attached hydrogens (tertiary/aromatic N) is 1. The third-order valence-electron chi connectivity index (χ3n) is 4.26. The van der Waals surface area contributed by atoms with Gasteiger partial charge in [0.15, 0.2) is 11.5 Å². The average Bonchev–Trinajstić information content (AvgIpc) is 2.62. The lowest BCUT2D eigenvalue weighted by atomic mass is 9.99. The normalized spacial score (nSPS) is 19.0. The van der Waals surface area contributed by atoms with Crippen LogP contribution in [0.1, 0.15) is 12.8 Å². The molecule has 1 aromatic carbocycles. The minimum absolute atomic E-state index is 0.244. The fourth-order valence-electron chi connectivity index (χ4n) is 2.93. The molecule has 0 N–H and O–H groups in total. The van der Waals surface area contributed by atoms with E-state index in [4.69, 9.17) is 20.6 Å². The van der Waals surface area contributed by atoms with Crippen LogP contribution in [0, 0.1) is 18.3 Å². The smallest absolute Gasteiger partial charge is 0.243 e. The molecular weight excluding hydrogens is 330 g/mol. The lowest BCUT2D eigenvalue weighted by Crippen LogP contribution is -2.39. The van der Waals surface area contributed by atoms with Crippen LogP contribution in [0.4, 0.5) is 0 Å². The highest BCUT2D eigenvalue weighted by Crippen LogP contribution is 2.34. The zero-order chi connectivity index (χ0) is 17.0. The summed E-state index contributed by atoms with van der Waals surface area (Å²) in [6.07, 6.45) is 6.70. The third kappa shape index (κ3) is 3.66. The van der Waals surface area contributed by atoms with Crippen LogP contribution in [0.5, 0.6) is 11.5 Å². The molecule has 0 aromatic heterocycles. The van der Waals surface area contributed by atoms with Crippen LogP contribution in [0.25, 0.3) is 0 Å². The second kappa shape index (κ2) is 7.43. The van der Waals surface area contributed by atoms with Crippen molar-refractivity contribution in [1.29, 1.82) is 0 Å². The van der Waals surface area contributed by atoms with Gasteiger partial charge in [0, 0.05) is 19.2 Å². The molecular formula is C17H21NO5S. The van der Waals surface area contributed by atoms with E-state index >= 15 is 0 Å². The number of sulfonamides is 1. The first kappa shape index (κ1) is 17.1. The van der Waals surface area contributed by atoms with Crippen LogP contribution in [-0.4, -0.2) is 52.2 Å². The Balaban J connectivity index is 1.65. The van der Waals surface area contributed by atoms with Gasteiger partial charge in [0.2, 0.25) is 10.0 Å². The number of benzene rings is 1. The Morgan fingerprint density at radius 1 is 1.21 bits per heavy atom. The summed E-state index contributed by atoms with van der Waals surface area (Å²) >= 11 is 0. The number of piperidine rings is 1. The van der Waals surface area contributed by atoms with Crippen molar-refractivity contribution in [3.8, 4) is 23.8 Å². The van der Waals surface area contributed by atoms with Gasteiger partial charge in [0.05, 0.1) is 11.5 Å². The second-order valence-electron chi connectivity index (χ2n) is 5.87. The molecule has 24 heavy (non-hydrogen) atoms. The molecule has 2 aliphatic rings. The number of ether oxygens (including phenoxy) is 3. The minimum Gasteiger partial charge on any atom is -0.486 e. The maximum Gasteiger partial charge on any atom is 0.243 e. The van der Waals surface area contributed by atoms with E-state index in [1.54, 1.807) is 18.2 Å². The van der Waals surface area contributed by atoms with Crippen LogP contribution >= 0.6 is 0 Å². The number of hydrogen-bond acceptors (Lipinski definition) is 5. The molecule has 0 bridgehead atoms. The van der Waals surface area contributed by atoms with Gasteiger partial charge >= 0.3 is 0 Å². The second-order valence-corrected chi connectivity index (χ2v) is 7.81. The van der Waals surface area contributed by atoms with Gasteiger partial charge in [-0.25, -0.2) is 8.42 Å². The molecule has 6 nitrogen and oxygen atoms in total. The fourth-order valence-corrected chi connectivity index (χ4v) is 4.42. The molecule has 0 unspecified atom stereocenters. The molecule has 3 rings (SSSR count). The quantitative estimate of drug-likeness (QED) is 0.594. The summed E-state index contributed by atoms with van der Waals surface area (Å²) in [6.45, 7) is 2.77. The predicted molar refractivity (Wildman–Crippen MR) is 88.6 cm³/mol. The first-order valence-electron chi connectivity index (χ1n) is 8.02. The molecule has 2 aliphatic heterocycles. The molecule has 2 heterocycles. The van der Waals surface area contributed by atoms with E-state index in [-0.39, 0.29) is 4.90 Å². The Hall–Kier alpha value is -1.75.